The summed E-state index contributed by atoms with van der Waals surface area (Å²) in [5, 5.41) is 10.9. The zero-order chi connectivity index (χ0) is 25.1. The van der Waals surface area contributed by atoms with Crippen molar-refractivity contribution in [1.82, 2.24) is 9.55 Å². The number of hydrogen-bond acceptors (Lipinski definition) is 10. The lowest BCUT2D eigenvalue weighted by Crippen LogP contribution is -2.39. The number of phosphoric acid groups is 1. The van der Waals surface area contributed by atoms with Crippen molar-refractivity contribution in [3.63, 3.8) is 0 Å². The molecule has 2 N–H and O–H groups in total. The molecular weight excluding hydrogens is 459 g/mol. The van der Waals surface area contributed by atoms with Crippen molar-refractivity contribution in [1.29, 1.82) is 0 Å². The Bertz CT molecular complexity index is 966. The molecule has 0 spiro atoms. The number of nitrogens with one attached hydrogen (secondary N) is 1. The van der Waals surface area contributed by atoms with Gasteiger partial charge in [0, 0.05) is 12.3 Å². The number of ether oxygens (including phenoxy) is 2. The minimum absolute atomic E-state index is 0.365. The van der Waals surface area contributed by atoms with Gasteiger partial charge in [-0.2, -0.15) is 0 Å². The molecule has 0 aliphatic carbocycles. The Kier molecular flexibility index (Phi) is 8.83. The van der Waals surface area contributed by atoms with E-state index < -0.39 is 67.2 Å². The van der Waals surface area contributed by atoms with Crippen molar-refractivity contribution in [2.45, 2.75) is 85.2 Å². The summed E-state index contributed by atoms with van der Waals surface area (Å²) < 4.78 is 41.7. The van der Waals surface area contributed by atoms with E-state index >= 15 is 0 Å². The molecule has 1 saturated heterocycles. The van der Waals surface area contributed by atoms with E-state index in [0.717, 1.165) is 16.8 Å². The smallest absolute Gasteiger partial charge is 0.462 e. The minimum atomic E-state index is -4.20. The molecule has 0 unspecified atom stereocenters. The maximum absolute atomic E-state index is 13.3. The molecule has 0 amide bonds. The third kappa shape index (κ3) is 7.33. The number of H-pyrrole nitrogens is 1. The fraction of sp³-hybridized carbons (Fsp3) is 0.750. The first-order valence-corrected chi connectivity index (χ1v) is 12.1. The summed E-state index contributed by atoms with van der Waals surface area (Å²) in [5.41, 5.74) is -2.27. The number of aliphatic hydroxyl groups is 1. The number of aromatic nitrogens is 2. The Morgan fingerprint density at radius 2 is 1.79 bits per heavy atom. The van der Waals surface area contributed by atoms with E-state index in [1.807, 2.05) is 0 Å². The van der Waals surface area contributed by atoms with Gasteiger partial charge >= 0.3 is 19.5 Å². The van der Waals surface area contributed by atoms with Crippen LogP contribution in [0, 0.1) is 5.41 Å². The van der Waals surface area contributed by atoms with Crippen molar-refractivity contribution >= 4 is 13.8 Å². The Morgan fingerprint density at radius 3 is 2.27 bits per heavy atom. The maximum atomic E-state index is 13.3. The monoisotopic (exact) mass is 492 g/mol. The summed E-state index contributed by atoms with van der Waals surface area (Å²) in [6, 6.07) is 1.08. The summed E-state index contributed by atoms with van der Waals surface area (Å²) in [7, 11) is -4.20. The molecule has 0 aromatic carbocycles. The molecule has 1 aliphatic heterocycles. The standard InChI is InChI=1S/C20H33N2O10P/c1-11(2)30-33(27,31-12(3)4)32-16-13(10-28-18(25)20(5,6)7)29-17(15(16)24)22-9-8-14(23)21-19(22)26/h8-9,11-13,15-17,24H,10H2,1-7H3,(H,21,23,26)/t13-,15-,16-,17-/m1/s1. The van der Waals surface area contributed by atoms with Crippen LogP contribution in [0.1, 0.15) is 54.7 Å². The van der Waals surface area contributed by atoms with Crippen LogP contribution in [-0.4, -0.2) is 57.8 Å². The number of carbonyl (C=O) groups is 1. The molecule has 4 atom stereocenters. The third-order valence-electron chi connectivity index (χ3n) is 4.36. The van der Waals surface area contributed by atoms with Crippen LogP contribution in [0.3, 0.4) is 0 Å². The Hall–Kier alpha value is -1.82. The minimum Gasteiger partial charge on any atom is -0.462 e. The molecule has 0 radical (unpaired) electrons. The molecule has 1 fully saturated rings. The van der Waals surface area contributed by atoms with Gasteiger partial charge in [0.25, 0.3) is 5.56 Å². The fourth-order valence-electron chi connectivity index (χ4n) is 2.96. The number of phosphoric ester groups is 1. The average molecular weight is 492 g/mol. The van der Waals surface area contributed by atoms with Crippen molar-refractivity contribution < 1.29 is 37.5 Å². The highest BCUT2D eigenvalue weighted by Gasteiger charge is 2.51. The number of carbonyl (C=O) groups excluding carboxylic acids is 1. The van der Waals surface area contributed by atoms with E-state index in [1.54, 1.807) is 48.5 Å². The second-order valence-corrected chi connectivity index (χ2v) is 10.8. The van der Waals surface area contributed by atoms with E-state index in [0.29, 0.717) is 0 Å². The predicted molar refractivity (Wildman–Crippen MR) is 117 cm³/mol. The van der Waals surface area contributed by atoms with Crippen LogP contribution in [0.25, 0.3) is 0 Å². The lowest BCUT2D eigenvalue weighted by Gasteiger charge is -2.28. The lowest BCUT2D eigenvalue weighted by atomic mass is 9.97. The SMILES string of the molecule is CC(C)OP(=O)(OC(C)C)O[C@H]1[C@@H](O)[C@H](n2ccc(=O)[nH]c2=O)O[C@@H]1COC(=O)C(C)(C)C. The Morgan fingerprint density at radius 1 is 1.21 bits per heavy atom. The highest BCUT2D eigenvalue weighted by molar-refractivity contribution is 7.48. The van der Waals surface area contributed by atoms with E-state index in [2.05, 4.69) is 4.98 Å². The molecule has 0 bridgehead atoms. The number of hydrogen-bond donors (Lipinski definition) is 2. The lowest BCUT2D eigenvalue weighted by molar-refractivity contribution is -0.159. The highest BCUT2D eigenvalue weighted by atomic mass is 31.2. The molecule has 2 heterocycles. The Balaban J connectivity index is 2.38. The molecule has 0 saturated carbocycles. The normalized spacial score (nSPS) is 23.9. The number of aromatic amines is 1. The van der Waals surface area contributed by atoms with Crippen molar-refractivity contribution in [3.05, 3.63) is 33.1 Å². The van der Waals surface area contributed by atoms with Crippen LogP contribution in [0.5, 0.6) is 0 Å². The maximum Gasteiger partial charge on any atom is 0.475 e. The van der Waals surface area contributed by atoms with Crippen molar-refractivity contribution in [2.24, 2.45) is 5.41 Å². The second kappa shape index (κ2) is 10.6. The summed E-state index contributed by atoms with van der Waals surface area (Å²) in [5.74, 6) is -0.538. The van der Waals surface area contributed by atoms with E-state index in [9.17, 15) is 24.1 Å². The molecule has 33 heavy (non-hydrogen) atoms. The van der Waals surface area contributed by atoms with Gasteiger partial charge in [-0.25, -0.2) is 9.36 Å². The molecule has 1 aromatic heterocycles. The van der Waals surface area contributed by atoms with Crippen molar-refractivity contribution in [2.75, 3.05) is 6.61 Å². The van der Waals surface area contributed by atoms with Gasteiger partial charge in [-0.3, -0.25) is 32.7 Å². The zero-order valence-electron chi connectivity index (χ0n) is 19.8. The van der Waals surface area contributed by atoms with Crippen LogP contribution in [0.15, 0.2) is 21.9 Å². The quantitative estimate of drug-likeness (QED) is 0.384. The summed E-state index contributed by atoms with van der Waals surface area (Å²) in [4.78, 5) is 38.0. The number of esters is 1. The fourth-order valence-corrected chi connectivity index (χ4v) is 4.70. The third-order valence-corrected chi connectivity index (χ3v) is 6.22. The van der Waals surface area contributed by atoms with Gasteiger partial charge in [-0.05, 0) is 48.5 Å². The predicted octanol–water partition coefficient (Wildman–Crippen LogP) is 1.73. The number of nitrogens with zero attached hydrogens (tertiary/aromatic N) is 1. The molecule has 2 rings (SSSR count). The number of rotatable bonds is 9. The highest BCUT2D eigenvalue weighted by Crippen LogP contribution is 2.54. The van der Waals surface area contributed by atoms with Crippen LogP contribution in [0.4, 0.5) is 0 Å². The van der Waals surface area contributed by atoms with E-state index in [-0.39, 0.29) is 6.61 Å². The number of aliphatic hydroxyl groups excluding tert-OH is 1. The van der Waals surface area contributed by atoms with Crippen LogP contribution in [-0.2, 0) is 32.4 Å². The molecule has 12 nitrogen and oxygen atoms in total. The van der Waals surface area contributed by atoms with Gasteiger partial charge in [0.2, 0.25) is 0 Å². The van der Waals surface area contributed by atoms with Gasteiger partial charge in [-0.15, -0.1) is 0 Å². The van der Waals surface area contributed by atoms with Gasteiger partial charge in [0.05, 0.1) is 17.6 Å². The first-order valence-electron chi connectivity index (χ1n) is 10.6. The van der Waals surface area contributed by atoms with Gasteiger partial charge in [-0.1, -0.05) is 0 Å². The summed E-state index contributed by atoms with van der Waals surface area (Å²) in [6.45, 7) is 11.2. The van der Waals surface area contributed by atoms with Crippen LogP contribution >= 0.6 is 7.82 Å². The van der Waals surface area contributed by atoms with Gasteiger partial charge in [0.15, 0.2) is 6.23 Å². The largest absolute Gasteiger partial charge is 0.475 e. The first-order chi connectivity index (χ1) is 15.1. The molecule has 13 heteroatoms. The average Bonchev–Trinajstić information content (AvgIpc) is 2.93. The van der Waals surface area contributed by atoms with E-state index in [4.69, 9.17) is 23.0 Å². The van der Waals surface area contributed by atoms with Crippen LogP contribution < -0.4 is 11.2 Å². The zero-order valence-corrected chi connectivity index (χ0v) is 20.7. The van der Waals surface area contributed by atoms with Gasteiger partial charge < -0.3 is 14.6 Å². The van der Waals surface area contributed by atoms with Gasteiger partial charge in [0.1, 0.15) is 24.9 Å². The summed E-state index contributed by atoms with van der Waals surface area (Å²) in [6.07, 6.45) is -5.30. The molecule has 188 valence electrons. The molecule has 1 aliphatic rings. The summed E-state index contributed by atoms with van der Waals surface area (Å²) >= 11 is 0. The van der Waals surface area contributed by atoms with Crippen LogP contribution in [0.2, 0.25) is 0 Å². The molecule has 1 aromatic rings. The Labute approximate surface area is 191 Å². The topological polar surface area (TPSA) is 155 Å². The van der Waals surface area contributed by atoms with E-state index in [1.165, 1.54) is 0 Å². The van der Waals surface area contributed by atoms with Crippen molar-refractivity contribution in [3.8, 4) is 0 Å². The first kappa shape index (κ1) is 27.4. The second-order valence-electron chi connectivity index (χ2n) is 9.25. The molecular formula is C20H33N2O10P.